The number of carbonyl (C=O) groups is 1. The van der Waals surface area contributed by atoms with Crippen LogP contribution in [0.5, 0.6) is 5.75 Å². The number of nitrogens with zero attached hydrogens (tertiary/aromatic N) is 3. The average Bonchev–Trinajstić information content (AvgIpc) is 3.11. The maximum atomic E-state index is 12.4. The summed E-state index contributed by atoms with van der Waals surface area (Å²) in [6.45, 7) is 1.69. The standard InChI is InChI=1S/C16H11Cl2F3N4O3/c1-6-4-15(6,14(26)27)11-10(5-22)24-25(13(11)23)12-8(17)2-7(3-9(12)18)28-16(19,20)21/h2-3,6H,4,23H2,1H3,(H,26,27). The number of benzene rings is 1. The highest BCUT2D eigenvalue weighted by Crippen LogP contribution is 2.57. The minimum Gasteiger partial charge on any atom is -0.481 e. The van der Waals surface area contributed by atoms with Crippen LogP contribution in [0.2, 0.25) is 10.0 Å². The third-order valence-corrected chi connectivity index (χ3v) is 5.18. The molecule has 0 bridgehead atoms. The Morgan fingerprint density at radius 1 is 1.46 bits per heavy atom. The Hall–Kier alpha value is -2.64. The highest BCUT2D eigenvalue weighted by Gasteiger charge is 2.62. The van der Waals surface area contributed by atoms with E-state index in [9.17, 15) is 28.3 Å². The first-order valence-electron chi connectivity index (χ1n) is 7.70. The summed E-state index contributed by atoms with van der Waals surface area (Å²) in [6, 6.07) is 3.51. The van der Waals surface area contributed by atoms with Crippen molar-refractivity contribution in [2.45, 2.75) is 25.1 Å². The fourth-order valence-corrected chi connectivity index (χ4v) is 3.86. The van der Waals surface area contributed by atoms with Crippen molar-refractivity contribution in [1.29, 1.82) is 5.26 Å². The number of nitrogens with two attached hydrogens (primary N) is 1. The molecule has 1 aliphatic rings. The number of alkyl halides is 3. The predicted octanol–water partition coefficient (Wildman–Crippen LogP) is 3.89. The second kappa shape index (κ2) is 6.46. The fourth-order valence-electron chi connectivity index (χ4n) is 3.23. The second-order valence-electron chi connectivity index (χ2n) is 6.30. The highest BCUT2D eigenvalue weighted by atomic mass is 35.5. The Kier molecular flexibility index (Phi) is 4.64. The Morgan fingerprint density at radius 3 is 2.39 bits per heavy atom. The van der Waals surface area contributed by atoms with Gasteiger partial charge in [-0.3, -0.25) is 4.79 Å². The van der Waals surface area contributed by atoms with Gasteiger partial charge >= 0.3 is 12.3 Å². The topological polar surface area (TPSA) is 114 Å². The first-order valence-corrected chi connectivity index (χ1v) is 8.45. The van der Waals surface area contributed by atoms with Gasteiger partial charge in [-0.15, -0.1) is 13.2 Å². The Bertz CT molecular complexity index is 1010. The predicted molar refractivity (Wildman–Crippen MR) is 92.5 cm³/mol. The zero-order chi connectivity index (χ0) is 21.0. The van der Waals surface area contributed by atoms with Crippen molar-refractivity contribution < 1.29 is 27.8 Å². The van der Waals surface area contributed by atoms with Gasteiger partial charge in [0.2, 0.25) is 0 Å². The number of carboxylic acid groups (broad SMARTS) is 1. The molecule has 1 aromatic heterocycles. The molecule has 7 nitrogen and oxygen atoms in total. The molecule has 0 amide bonds. The summed E-state index contributed by atoms with van der Waals surface area (Å²) in [5, 5.41) is 22.4. The van der Waals surface area contributed by atoms with E-state index in [-0.39, 0.29) is 45.1 Å². The number of carboxylic acids is 1. The molecule has 1 fully saturated rings. The Morgan fingerprint density at radius 2 is 2.00 bits per heavy atom. The Labute approximate surface area is 166 Å². The minimum absolute atomic E-state index is 0.0257. The number of hydrogen-bond donors (Lipinski definition) is 2. The number of aromatic nitrogens is 2. The van der Waals surface area contributed by atoms with Gasteiger partial charge in [0.25, 0.3) is 0 Å². The molecule has 0 radical (unpaired) electrons. The number of nitriles is 1. The minimum atomic E-state index is -4.95. The van der Waals surface area contributed by atoms with Crippen LogP contribution in [0.3, 0.4) is 0 Å². The first kappa shape index (κ1) is 20.1. The molecule has 1 heterocycles. The van der Waals surface area contributed by atoms with Crippen molar-refractivity contribution in [3.8, 4) is 17.5 Å². The zero-order valence-corrected chi connectivity index (χ0v) is 15.5. The average molecular weight is 435 g/mol. The van der Waals surface area contributed by atoms with Gasteiger partial charge in [-0.05, 0) is 12.3 Å². The van der Waals surface area contributed by atoms with Crippen molar-refractivity contribution >= 4 is 35.0 Å². The van der Waals surface area contributed by atoms with Gasteiger partial charge < -0.3 is 15.6 Å². The van der Waals surface area contributed by atoms with Crippen LogP contribution in [0.15, 0.2) is 12.1 Å². The molecule has 2 aromatic rings. The van der Waals surface area contributed by atoms with Crippen molar-refractivity contribution in [1.82, 2.24) is 9.78 Å². The zero-order valence-electron chi connectivity index (χ0n) is 14.0. The smallest absolute Gasteiger partial charge is 0.481 e. The molecular formula is C16H11Cl2F3N4O3. The van der Waals surface area contributed by atoms with E-state index in [1.165, 1.54) is 0 Å². The lowest BCUT2D eigenvalue weighted by molar-refractivity contribution is -0.274. The number of anilines is 1. The van der Waals surface area contributed by atoms with E-state index in [2.05, 4.69) is 9.84 Å². The summed E-state index contributed by atoms with van der Waals surface area (Å²) in [7, 11) is 0. The molecular weight excluding hydrogens is 424 g/mol. The molecule has 0 aliphatic heterocycles. The van der Waals surface area contributed by atoms with Gasteiger partial charge in [-0.1, -0.05) is 30.1 Å². The number of halogens is 5. The summed E-state index contributed by atoms with van der Waals surface area (Å²) in [5.41, 5.74) is 4.39. The van der Waals surface area contributed by atoms with Gasteiger partial charge in [-0.2, -0.15) is 10.4 Å². The summed E-state index contributed by atoms with van der Waals surface area (Å²) < 4.78 is 42.0. The summed E-state index contributed by atoms with van der Waals surface area (Å²) in [6.07, 6.45) is -4.69. The van der Waals surface area contributed by atoms with E-state index in [0.29, 0.717) is 0 Å². The maximum absolute atomic E-state index is 12.4. The van der Waals surface area contributed by atoms with Crippen LogP contribution in [0, 0.1) is 17.2 Å². The number of ether oxygens (including phenoxy) is 1. The lowest BCUT2D eigenvalue weighted by Crippen LogP contribution is -2.24. The third kappa shape index (κ3) is 3.10. The first-order chi connectivity index (χ1) is 12.9. The van der Waals surface area contributed by atoms with Crippen LogP contribution in [0.25, 0.3) is 5.69 Å². The molecule has 0 saturated heterocycles. The van der Waals surface area contributed by atoms with Crippen LogP contribution in [-0.2, 0) is 10.2 Å². The lowest BCUT2D eigenvalue weighted by Gasteiger charge is -2.14. The second-order valence-corrected chi connectivity index (χ2v) is 7.11. The lowest BCUT2D eigenvalue weighted by atomic mass is 9.93. The van der Waals surface area contributed by atoms with Gasteiger partial charge in [0.15, 0.2) is 5.69 Å². The van der Waals surface area contributed by atoms with Crippen molar-refractivity contribution in [2.24, 2.45) is 5.92 Å². The molecule has 3 N–H and O–H groups in total. The van der Waals surface area contributed by atoms with Gasteiger partial charge in [-0.25, -0.2) is 4.68 Å². The van der Waals surface area contributed by atoms with Crippen LogP contribution in [0.4, 0.5) is 19.0 Å². The van der Waals surface area contributed by atoms with E-state index >= 15 is 0 Å². The van der Waals surface area contributed by atoms with Crippen LogP contribution in [0.1, 0.15) is 24.6 Å². The molecule has 2 unspecified atom stereocenters. The number of nitrogen functional groups attached to an aromatic ring is 1. The number of aliphatic carboxylic acids is 1. The van der Waals surface area contributed by atoms with E-state index < -0.39 is 23.5 Å². The largest absolute Gasteiger partial charge is 0.573 e. The molecule has 12 heteroatoms. The quantitative estimate of drug-likeness (QED) is 0.753. The summed E-state index contributed by atoms with van der Waals surface area (Å²) >= 11 is 12.1. The van der Waals surface area contributed by atoms with Gasteiger partial charge in [0, 0.05) is 12.1 Å². The molecule has 148 valence electrons. The normalized spacial score (nSPS) is 21.2. The summed E-state index contributed by atoms with van der Waals surface area (Å²) in [4.78, 5) is 11.8. The molecule has 0 spiro atoms. The van der Waals surface area contributed by atoms with Gasteiger partial charge in [0.05, 0.1) is 15.6 Å². The molecule has 28 heavy (non-hydrogen) atoms. The Balaban J connectivity index is 2.17. The molecule has 1 aliphatic carbocycles. The van der Waals surface area contributed by atoms with E-state index in [1.807, 2.05) is 0 Å². The fraction of sp³-hybridized carbons (Fsp3) is 0.312. The molecule has 1 saturated carbocycles. The molecule has 3 rings (SSSR count). The SMILES string of the molecule is CC1CC1(C(=O)O)c1c(C#N)nn(-c2c(Cl)cc(OC(F)(F)F)cc2Cl)c1N. The van der Waals surface area contributed by atoms with Crippen LogP contribution >= 0.6 is 23.2 Å². The maximum Gasteiger partial charge on any atom is 0.573 e. The van der Waals surface area contributed by atoms with E-state index in [1.54, 1.807) is 13.0 Å². The van der Waals surface area contributed by atoms with Crippen molar-refractivity contribution in [2.75, 3.05) is 5.73 Å². The van der Waals surface area contributed by atoms with Crippen molar-refractivity contribution in [3.63, 3.8) is 0 Å². The van der Waals surface area contributed by atoms with Crippen LogP contribution in [-0.4, -0.2) is 27.2 Å². The number of rotatable bonds is 4. The van der Waals surface area contributed by atoms with E-state index in [0.717, 1.165) is 16.8 Å². The summed E-state index contributed by atoms with van der Waals surface area (Å²) in [5.74, 6) is -2.29. The van der Waals surface area contributed by atoms with Gasteiger partial charge in [0.1, 0.15) is 28.7 Å². The number of hydrogen-bond acceptors (Lipinski definition) is 5. The third-order valence-electron chi connectivity index (χ3n) is 4.60. The van der Waals surface area contributed by atoms with Crippen LogP contribution < -0.4 is 10.5 Å². The molecule has 2 atom stereocenters. The molecule has 1 aromatic carbocycles. The van der Waals surface area contributed by atoms with E-state index in [4.69, 9.17) is 28.9 Å². The monoisotopic (exact) mass is 434 g/mol. The van der Waals surface area contributed by atoms with Crippen molar-refractivity contribution in [3.05, 3.63) is 33.4 Å². The highest BCUT2D eigenvalue weighted by molar-refractivity contribution is 6.38.